The van der Waals surface area contributed by atoms with Crippen LogP contribution in [-0.4, -0.2) is 43.2 Å². The van der Waals surface area contributed by atoms with E-state index in [1.54, 1.807) is 17.1 Å². The van der Waals surface area contributed by atoms with Crippen LogP contribution in [0, 0.1) is 0 Å². The van der Waals surface area contributed by atoms with Crippen molar-refractivity contribution in [1.29, 1.82) is 0 Å². The van der Waals surface area contributed by atoms with Crippen LogP contribution in [0.5, 0.6) is 0 Å². The third-order valence-corrected chi connectivity index (χ3v) is 3.26. The molecule has 0 amide bonds. The van der Waals surface area contributed by atoms with Gasteiger partial charge in [-0.25, -0.2) is 4.68 Å². The molecule has 1 N–H and O–H groups in total. The number of aromatic nitrogens is 6. The van der Waals surface area contributed by atoms with Crippen molar-refractivity contribution in [3.8, 4) is 11.6 Å². The lowest BCUT2D eigenvalue weighted by atomic mass is 10.2. The van der Waals surface area contributed by atoms with Crippen molar-refractivity contribution in [3.05, 3.63) is 42.1 Å². The van der Waals surface area contributed by atoms with Crippen LogP contribution >= 0.6 is 0 Å². The standard InChI is InChI=1S/C14H17N7O/c1-10(15-2)7-13-17-14(22-19-13)12-9-21(20-18-12)8-11-5-3-4-6-16-11/h3-6,9-10,15H,7-8H2,1-2H3. The molecule has 0 saturated carbocycles. The monoisotopic (exact) mass is 299 g/mol. The molecule has 8 nitrogen and oxygen atoms in total. The molecule has 0 saturated heterocycles. The largest absolute Gasteiger partial charge is 0.332 e. The molecule has 0 aliphatic carbocycles. The first-order valence-electron chi connectivity index (χ1n) is 7.05. The minimum atomic E-state index is 0.283. The summed E-state index contributed by atoms with van der Waals surface area (Å²) in [6.07, 6.45) is 4.22. The van der Waals surface area contributed by atoms with Crippen molar-refractivity contribution in [2.75, 3.05) is 7.05 Å². The van der Waals surface area contributed by atoms with Crippen molar-refractivity contribution in [2.45, 2.75) is 25.9 Å². The number of rotatable bonds is 6. The van der Waals surface area contributed by atoms with E-state index in [4.69, 9.17) is 4.52 Å². The van der Waals surface area contributed by atoms with Gasteiger partial charge in [0.05, 0.1) is 18.4 Å². The van der Waals surface area contributed by atoms with E-state index in [-0.39, 0.29) is 6.04 Å². The molecular formula is C14H17N7O. The molecule has 8 heteroatoms. The summed E-state index contributed by atoms with van der Waals surface area (Å²) in [5.41, 5.74) is 1.47. The molecule has 114 valence electrons. The minimum Gasteiger partial charge on any atom is -0.332 e. The van der Waals surface area contributed by atoms with Gasteiger partial charge in [-0.1, -0.05) is 16.4 Å². The molecule has 22 heavy (non-hydrogen) atoms. The molecule has 0 fully saturated rings. The Bertz CT molecular complexity index is 722. The SMILES string of the molecule is CNC(C)Cc1noc(-c2cn(Cc3ccccn3)nn2)n1. The predicted molar refractivity (Wildman–Crippen MR) is 78.9 cm³/mol. The lowest BCUT2D eigenvalue weighted by Gasteiger charge is -2.04. The average Bonchev–Trinajstić information content (AvgIpc) is 3.17. The van der Waals surface area contributed by atoms with Gasteiger partial charge in [-0.05, 0) is 26.1 Å². The number of hydrogen-bond acceptors (Lipinski definition) is 7. The molecule has 1 atom stereocenters. The smallest absolute Gasteiger partial charge is 0.280 e. The molecule has 3 heterocycles. The van der Waals surface area contributed by atoms with Gasteiger partial charge >= 0.3 is 0 Å². The number of pyridine rings is 1. The van der Waals surface area contributed by atoms with Crippen LogP contribution in [-0.2, 0) is 13.0 Å². The van der Waals surface area contributed by atoms with E-state index in [1.807, 2.05) is 25.2 Å². The first kappa shape index (κ1) is 14.3. The van der Waals surface area contributed by atoms with Crippen molar-refractivity contribution < 1.29 is 4.52 Å². The number of nitrogens with one attached hydrogen (secondary N) is 1. The average molecular weight is 299 g/mol. The predicted octanol–water partition coefficient (Wildman–Crippen LogP) is 0.922. The number of hydrogen-bond donors (Lipinski definition) is 1. The maximum atomic E-state index is 5.24. The highest BCUT2D eigenvalue weighted by Crippen LogP contribution is 2.14. The molecule has 3 aromatic rings. The third kappa shape index (κ3) is 3.34. The second-order valence-electron chi connectivity index (χ2n) is 5.03. The Morgan fingerprint density at radius 3 is 3.05 bits per heavy atom. The van der Waals surface area contributed by atoms with E-state index < -0.39 is 0 Å². The van der Waals surface area contributed by atoms with Gasteiger partial charge in [-0.2, -0.15) is 4.98 Å². The quantitative estimate of drug-likeness (QED) is 0.723. The summed E-state index contributed by atoms with van der Waals surface area (Å²) in [6, 6.07) is 6.03. The molecule has 3 rings (SSSR count). The summed E-state index contributed by atoms with van der Waals surface area (Å²) in [6.45, 7) is 2.60. The summed E-state index contributed by atoms with van der Waals surface area (Å²) in [4.78, 5) is 8.59. The van der Waals surface area contributed by atoms with Crippen LogP contribution in [0.1, 0.15) is 18.4 Å². The van der Waals surface area contributed by atoms with Gasteiger partial charge in [0.2, 0.25) is 0 Å². The van der Waals surface area contributed by atoms with Crippen LogP contribution < -0.4 is 5.32 Å². The number of likely N-dealkylation sites (N-methyl/N-ethyl adjacent to an activating group) is 1. The van der Waals surface area contributed by atoms with Crippen molar-refractivity contribution in [3.63, 3.8) is 0 Å². The molecule has 0 aliphatic rings. The van der Waals surface area contributed by atoms with Gasteiger partial charge in [0.25, 0.3) is 5.89 Å². The van der Waals surface area contributed by atoms with Crippen LogP contribution in [0.15, 0.2) is 35.1 Å². The minimum absolute atomic E-state index is 0.283. The second-order valence-corrected chi connectivity index (χ2v) is 5.03. The fourth-order valence-electron chi connectivity index (χ4n) is 1.95. The Kier molecular flexibility index (Phi) is 4.19. The summed E-state index contributed by atoms with van der Waals surface area (Å²) in [7, 11) is 1.90. The van der Waals surface area contributed by atoms with Crippen LogP contribution in [0.3, 0.4) is 0 Å². The van der Waals surface area contributed by atoms with Gasteiger partial charge in [0, 0.05) is 18.7 Å². The molecule has 3 aromatic heterocycles. The maximum Gasteiger partial charge on any atom is 0.280 e. The fourth-order valence-corrected chi connectivity index (χ4v) is 1.95. The third-order valence-electron chi connectivity index (χ3n) is 3.26. The summed E-state index contributed by atoms with van der Waals surface area (Å²) in [5, 5.41) is 15.2. The van der Waals surface area contributed by atoms with Crippen molar-refractivity contribution in [2.24, 2.45) is 0 Å². The normalized spacial score (nSPS) is 12.5. The topological polar surface area (TPSA) is 94.6 Å². The lowest BCUT2D eigenvalue weighted by molar-refractivity contribution is 0.417. The van der Waals surface area contributed by atoms with Crippen LogP contribution in [0.4, 0.5) is 0 Å². The zero-order chi connectivity index (χ0) is 15.4. The zero-order valence-corrected chi connectivity index (χ0v) is 12.5. The van der Waals surface area contributed by atoms with Gasteiger partial charge < -0.3 is 9.84 Å². The Labute approximate surface area is 127 Å². The van der Waals surface area contributed by atoms with Crippen molar-refractivity contribution >= 4 is 0 Å². The highest BCUT2D eigenvalue weighted by atomic mass is 16.5. The Morgan fingerprint density at radius 1 is 1.36 bits per heavy atom. The van der Waals surface area contributed by atoms with Gasteiger partial charge in [-0.3, -0.25) is 4.98 Å². The van der Waals surface area contributed by atoms with E-state index in [2.05, 4.69) is 37.7 Å². The molecule has 0 radical (unpaired) electrons. The molecule has 0 bridgehead atoms. The van der Waals surface area contributed by atoms with Crippen molar-refractivity contribution in [1.82, 2.24) is 35.4 Å². The van der Waals surface area contributed by atoms with Crippen LogP contribution in [0.25, 0.3) is 11.6 Å². The van der Waals surface area contributed by atoms with E-state index in [1.165, 1.54) is 0 Å². The Balaban J connectivity index is 1.71. The summed E-state index contributed by atoms with van der Waals surface area (Å²) in [5.74, 6) is 1.03. The van der Waals surface area contributed by atoms with E-state index in [0.717, 1.165) is 5.69 Å². The number of nitrogens with zero attached hydrogens (tertiary/aromatic N) is 6. The fraction of sp³-hybridized carbons (Fsp3) is 0.357. The molecule has 0 aliphatic heterocycles. The first-order valence-corrected chi connectivity index (χ1v) is 7.05. The van der Waals surface area contributed by atoms with E-state index >= 15 is 0 Å². The molecule has 1 unspecified atom stereocenters. The van der Waals surface area contributed by atoms with Gasteiger partial charge in [0.1, 0.15) is 0 Å². The zero-order valence-electron chi connectivity index (χ0n) is 12.5. The summed E-state index contributed by atoms with van der Waals surface area (Å²) < 4.78 is 6.93. The van der Waals surface area contributed by atoms with Crippen LogP contribution in [0.2, 0.25) is 0 Å². The maximum absolute atomic E-state index is 5.24. The Morgan fingerprint density at radius 2 is 2.27 bits per heavy atom. The van der Waals surface area contributed by atoms with E-state index in [9.17, 15) is 0 Å². The molecular weight excluding hydrogens is 282 g/mol. The van der Waals surface area contributed by atoms with Gasteiger partial charge in [0.15, 0.2) is 11.5 Å². The Hall–Kier alpha value is -2.61. The molecule has 0 spiro atoms. The van der Waals surface area contributed by atoms with Gasteiger partial charge in [-0.15, -0.1) is 5.10 Å². The second kappa shape index (κ2) is 6.44. The lowest BCUT2D eigenvalue weighted by Crippen LogP contribution is -2.24. The molecule has 0 aromatic carbocycles. The van der Waals surface area contributed by atoms with E-state index in [0.29, 0.717) is 30.4 Å². The highest BCUT2D eigenvalue weighted by molar-refractivity contribution is 5.43. The first-order chi connectivity index (χ1) is 10.7. The highest BCUT2D eigenvalue weighted by Gasteiger charge is 2.14. The summed E-state index contributed by atoms with van der Waals surface area (Å²) >= 11 is 0.